The Morgan fingerprint density at radius 2 is 1.96 bits per heavy atom. The molecule has 24 heavy (non-hydrogen) atoms. The smallest absolute Gasteiger partial charge is 0.123 e. The maximum absolute atomic E-state index is 13.1. The molecule has 0 aliphatic rings. The lowest BCUT2D eigenvalue weighted by Gasteiger charge is -2.01. The monoisotopic (exact) mass is 353 g/mol. The van der Waals surface area contributed by atoms with Crippen molar-refractivity contribution in [2.75, 3.05) is 0 Å². The standard InChI is InChI=1S/C18H12FN3S2/c19-14-5-3-13(4-6-14)16-8-15-17(24-16)18(22-11-21-15)23-10-12-2-1-7-20-9-12/h1-9,11H,10H2. The lowest BCUT2D eigenvalue weighted by atomic mass is 10.2. The predicted octanol–water partition coefficient (Wildman–Crippen LogP) is 5.18. The number of halogens is 1. The Bertz CT molecular complexity index is 969. The molecule has 0 saturated carbocycles. The SMILES string of the molecule is Fc1ccc(-c2cc3ncnc(SCc4cccnc4)c3s2)cc1. The van der Waals surface area contributed by atoms with Gasteiger partial charge in [0, 0.05) is 23.0 Å². The highest BCUT2D eigenvalue weighted by molar-refractivity contribution is 7.98. The third-order valence-electron chi connectivity index (χ3n) is 3.51. The summed E-state index contributed by atoms with van der Waals surface area (Å²) in [4.78, 5) is 14.0. The first-order chi connectivity index (χ1) is 11.8. The van der Waals surface area contributed by atoms with E-state index in [2.05, 4.69) is 21.0 Å². The lowest BCUT2D eigenvalue weighted by molar-refractivity contribution is 0.628. The van der Waals surface area contributed by atoms with Crippen molar-refractivity contribution in [3.8, 4) is 10.4 Å². The van der Waals surface area contributed by atoms with Crippen LogP contribution in [0.15, 0.2) is 66.2 Å². The maximum Gasteiger partial charge on any atom is 0.123 e. The molecule has 0 radical (unpaired) electrons. The summed E-state index contributed by atoms with van der Waals surface area (Å²) in [7, 11) is 0. The van der Waals surface area contributed by atoms with E-state index in [0.717, 1.165) is 37.0 Å². The second-order valence-corrected chi connectivity index (χ2v) is 7.18. The van der Waals surface area contributed by atoms with Crippen LogP contribution in [-0.2, 0) is 5.75 Å². The summed E-state index contributed by atoms with van der Waals surface area (Å²) in [5.41, 5.74) is 3.06. The Morgan fingerprint density at radius 1 is 1.08 bits per heavy atom. The fourth-order valence-corrected chi connectivity index (χ4v) is 4.46. The maximum atomic E-state index is 13.1. The molecule has 0 aliphatic heterocycles. The fourth-order valence-electron chi connectivity index (χ4n) is 2.33. The van der Waals surface area contributed by atoms with Crippen LogP contribution in [0.2, 0.25) is 0 Å². The van der Waals surface area contributed by atoms with Gasteiger partial charge in [-0.2, -0.15) is 0 Å². The van der Waals surface area contributed by atoms with E-state index in [1.807, 2.05) is 18.3 Å². The highest BCUT2D eigenvalue weighted by atomic mass is 32.2. The lowest BCUT2D eigenvalue weighted by Crippen LogP contribution is -1.85. The van der Waals surface area contributed by atoms with Crippen LogP contribution in [0.25, 0.3) is 20.7 Å². The quantitative estimate of drug-likeness (QED) is 0.374. The number of nitrogens with zero attached hydrogens (tertiary/aromatic N) is 3. The zero-order valence-electron chi connectivity index (χ0n) is 12.5. The van der Waals surface area contributed by atoms with Crippen molar-refractivity contribution < 1.29 is 4.39 Å². The van der Waals surface area contributed by atoms with Gasteiger partial charge in [0.1, 0.15) is 17.2 Å². The number of fused-ring (bicyclic) bond motifs is 1. The normalized spacial score (nSPS) is 11.0. The molecule has 0 N–H and O–H groups in total. The van der Waals surface area contributed by atoms with Crippen molar-refractivity contribution >= 4 is 33.3 Å². The largest absolute Gasteiger partial charge is 0.264 e. The van der Waals surface area contributed by atoms with Crippen LogP contribution in [0.5, 0.6) is 0 Å². The van der Waals surface area contributed by atoms with Crippen molar-refractivity contribution in [1.82, 2.24) is 15.0 Å². The van der Waals surface area contributed by atoms with Crippen LogP contribution in [0.4, 0.5) is 4.39 Å². The minimum atomic E-state index is -0.229. The van der Waals surface area contributed by atoms with Gasteiger partial charge >= 0.3 is 0 Å². The van der Waals surface area contributed by atoms with E-state index in [4.69, 9.17) is 0 Å². The van der Waals surface area contributed by atoms with Gasteiger partial charge in [0.15, 0.2) is 0 Å². The molecule has 0 aliphatic carbocycles. The number of rotatable bonds is 4. The third-order valence-corrected chi connectivity index (χ3v) is 5.88. The Labute approximate surface area is 146 Å². The fraction of sp³-hybridized carbons (Fsp3) is 0.0556. The molecule has 4 aromatic rings. The van der Waals surface area contributed by atoms with E-state index in [9.17, 15) is 4.39 Å². The third kappa shape index (κ3) is 3.16. The molecule has 4 rings (SSSR count). The molecule has 0 spiro atoms. The topological polar surface area (TPSA) is 38.7 Å². The Morgan fingerprint density at radius 3 is 2.75 bits per heavy atom. The van der Waals surface area contributed by atoms with Gasteiger partial charge in [-0.1, -0.05) is 18.2 Å². The number of thioether (sulfide) groups is 1. The van der Waals surface area contributed by atoms with Gasteiger partial charge in [0.25, 0.3) is 0 Å². The summed E-state index contributed by atoms with van der Waals surface area (Å²) in [5, 5.41) is 0.960. The molecule has 1 aromatic carbocycles. The van der Waals surface area contributed by atoms with E-state index in [1.165, 1.54) is 12.1 Å². The van der Waals surface area contributed by atoms with Gasteiger partial charge in [0.2, 0.25) is 0 Å². The Balaban J connectivity index is 1.66. The number of hydrogen-bond acceptors (Lipinski definition) is 5. The second kappa shape index (κ2) is 6.67. The van der Waals surface area contributed by atoms with Crippen molar-refractivity contribution in [3.05, 3.63) is 72.6 Å². The van der Waals surface area contributed by atoms with Crippen molar-refractivity contribution in [2.45, 2.75) is 10.8 Å². The van der Waals surface area contributed by atoms with Crippen LogP contribution in [0, 0.1) is 5.82 Å². The van der Waals surface area contributed by atoms with Crippen LogP contribution >= 0.6 is 23.1 Å². The summed E-state index contributed by atoms with van der Waals surface area (Å²) in [6.45, 7) is 0. The first-order valence-corrected chi connectivity index (χ1v) is 9.12. The summed E-state index contributed by atoms with van der Waals surface area (Å²) in [6, 6.07) is 12.5. The molecular weight excluding hydrogens is 341 g/mol. The molecule has 3 nitrogen and oxygen atoms in total. The average Bonchev–Trinajstić information content (AvgIpc) is 3.06. The van der Waals surface area contributed by atoms with Crippen molar-refractivity contribution in [2.24, 2.45) is 0 Å². The summed E-state index contributed by atoms with van der Waals surface area (Å²) < 4.78 is 14.2. The van der Waals surface area contributed by atoms with Crippen LogP contribution in [0.3, 0.4) is 0 Å². The molecule has 0 saturated heterocycles. The van der Waals surface area contributed by atoms with Crippen LogP contribution < -0.4 is 0 Å². The van der Waals surface area contributed by atoms with E-state index in [0.29, 0.717) is 0 Å². The molecule has 6 heteroatoms. The number of hydrogen-bond donors (Lipinski definition) is 0. The summed E-state index contributed by atoms with van der Waals surface area (Å²) in [5.74, 6) is 0.580. The number of pyridine rings is 1. The number of aromatic nitrogens is 3. The zero-order chi connectivity index (χ0) is 16.4. The predicted molar refractivity (Wildman–Crippen MR) is 96.6 cm³/mol. The van der Waals surface area contributed by atoms with Gasteiger partial charge in [-0.25, -0.2) is 14.4 Å². The number of thiophene rings is 1. The first-order valence-electron chi connectivity index (χ1n) is 7.32. The second-order valence-electron chi connectivity index (χ2n) is 5.16. The minimum Gasteiger partial charge on any atom is -0.264 e. The first kappa shape index (κ1) is 15.2. The molecule has 0 amide bonds. The van der Waals surface area contributed by atoms with Crippen LogP contribution in [0.1, 0.15) is 5.56 Å². The Hall–Kier alpha value is -2.31. The zero-order valence-corrected chi connectivity index (χ0v) is 14.1. The molecular formula is C18H12FN3S2. The van der Waals surface area contributed by atoms with Gasteiger partial charge in [-0.05, 0) is 35.4 Å². The van der Waals surface area contributed by atoms with Gasteiger partial charge < -0.3 is 0 Å². The highest BCUT2D eigenvalue weighted by Crippen LogP contribution is 2.37. The van der Waals surface area contributed by atoms with E-state index >= 15 is 0 Å². The molecule has 0 fully saturated rings. The van der Waals surface area contributed by atoms with Gasteiger partial charge in [0.05, 0.1) is 10.2 Å². The van der Waals surface area contributed by atoms with E-state index in [1.54, 1.807) is 47.8 Å². The molecule has 3 heterocycles. The molecule has 0 unspecified atom stereocenters. The van der Waals surface area contributed by atoms with Crippen molar-refractivity contribution in [3.63, 3.8) is 0 Å². The number of benzene rings is 1. The van der Waals surface area contributed by atoms with Gasteiger partial charge in [-0.15, -0.1) is 23.1 Å². The molecule has 3 aromatic heterocycles. The average molecular weight is 353 g/mol. The van der Waals surface area contributed by atoms with E-state index in [-0.39, 0.29) is 5.82 Å². The molecule has 0 bridgehead atoms. The summed E-state index contributed by atoms with van der Waals surface area (Å²) in [6.07, 6.45) is 5.23. The minimum absolute atomic E-state index is 0.229. The van der Waals surface area contributed by atoms with Gasteiger partial charge in [-0.3, -0.25) is 4.98 Å². The highest BCUT2D eigenvalue weighted by Gasteiger charge is 2.11. The van der Waals surface area contributed by atoms with E-state index < -0.39 is 0 Å². The van der Waals surface area contributed by atoms with Crippen LogP contribution in [-0.4, -0.2) is 15.0 Å². The molecule has 0 atom stereocenters. The Kier molecular flexibility index (Phi) is 4.23. The molecule has 118 valence electrons. The van der Waals surface area contributed by atoms with Crippen molar-refractivity contribution in [1.29, 1.82) is 0 Å². The summed E-state index contributed by atoms with van der Waals surface area (Å²) >= 11 is 3.31.